The maximum Gasteiger partial charge on any atom is 0.511 e. The van der Waals surface area contributed by atoms with Crippen molar-refractivity contribution < 1.29 is 23.8 Å². The summed E-state index contributed by atoms with van der Waals surface area (Å²) >= 11 is 0. The van der Waals surface area contributed by atoms with Crippen LogP contribution in [0.3, 0.4) is 0 Å². The summed E-state index contributed by atoms with van der Waals surface area (Å²) in [4.78, 5) is 22.2. The largest absolute Gasteiger partial charge is 0.511 e. The van der Waals surface area contributed by atoms with Gasteiger partial charge < -0.3 is 19.9 Å². The number of ether oxygens (including phenoxy) is 3. The highest BCUT2D eigenvalue weighted by Crippen LogP contribution is 2.06. The predicted molar refractivity (Wildman–Crippen MR) is 59.2 cm³/mol. The molecule has 0 amide bonds. The molecule has 0 aromatic heterocycles. The average molecular weight is 239 g/mol. The molecule has 0 aliphatic heterocycles. The van der Waals surface area contributed by atoms with Crippen molar-refractivity contribution in [3.8, 4) is 0 Å². The minimum atomic E-state index is -0.877. The molecule has 0 atom stereocenters. The summed E-state index contributed by atoms with van der Waals surface area (Å²) in [6.07, 6.45) is -0.877. The Morgan fingerprint density at radius 3 is 2.35 bits per heavy atom. The van der Waals surface area contributed by atoms with Crippen LogP contribution >= 0.6 is 0 Å². The van der Waals surface area contributed by atoms with E-state index in [2.05, 4.69) is 14.2 Å². The van der Waals surface area contributed by atoms with Crippen LogP contribution in [-0.4, -0.2) is 25.5 Å². The monoisotopic (exact) mass is 239 g/mol. The fourth-order valence-electron chi connectivity index (χ4n) is 0.993. The van der Waals surface area contributed by atoms with Gasteiger partial charge in [-0.25, -0.2) is 9.59 Å². The topological polar surface area (TPSA) is 87.9 Å². The van der Waals surface area contributed by atoms with E-state index in [4.69, 9.17) is 5.73 Å². The Balaban J connectivity index is 2.35. The minimum Gasteiger partial charge on any atom is -0.435 e. The van der Waals surface area contributed by atoms with Crippen LogP contribution in [0.5, 0.6) is 0 Å². The first-order chi connectivity index (χ1) is 8.13. The smallest absolute Gasteiger partial charge is 0.435 e. The first-order valence-corrected chi connectivity index (χ1v) is 4.95. The van der Waals surface area contributed by atoms with E-state index >= 15 is 0 Å². The molecule has 1 rings (SSSR count). The van der Waals surface area contributed by atoms with Gasteiger partial charge in [0.2, 0.25) is 6.79 Å². The first kappa shape index (κ1) is 12.8. The highest BCUT2D eigenvalue weighted by Gasteiger charge is 2.08. The third-order valence-electron chi connectivity index (χ3n) is 1.78. The molecule has 0 saturated heterocycles. The van der Waals surface area contributed by atoms with Gasteiger partial charge in [-0.1, -0.05) is 0 Å². The van der Waals surface area contributed by atoms with Gasteiger partial charge in [-0.3, -0.25) is 0 Å². The van der Waals surface area contributed by atoms with Crippen LogP contribution in [0.2, 0.25) is 0 Å². The number of carbonyl (C=O) groups excluding carboxylic acids is 2. The molecule has 0 aliphatic carbocycles. The Bertz CT molecular complexity index is 387. The number of anilines is 1. The van der Waals surface area contributed by atoms with E-state index in [1.54, 1.807) is 19.1 Å². The number of rotatable bonds is 4. The summed E-state index contributed by atoms with van der Waals surface area (Å²) in [5, 5.41) is 0. The van der Waals surface area contributed by atoms with E-state index in [0.29, 0.717) is 11.3 Å². The van der Waals surface area contributed by atoms with Crippen LogP contribution in [0.1, 0.15) is 17.3 Å². The Kier molecular flexibility index (Phi) is 4.80. The number of nitrogens with two attached hydrogens (primary N) is 1. The van der Waals surface area contributed by atoms with Gasteiger partial charge in [-0.2, -0.15) is 0 Å². The standard InChI is InChI=1S/C11H13NO5/c1-2-15-11(14)17-7-16-10(13)8-3-5-9(12)6-4-8/h3-6H,2,7,12H2,1H3. The first-order valence-electron chi connectivity index (χ1n) is 4.95. The second-order valence-corrected chi connectivity index (χ2v) is 3.00. The number of esters is 1. The number of hydrogen-bond donors (Lipinski definition) is 1. The lowest BCUT2D eigenvalue weighted by Crippen LogP contribution is -2.13. The van der Waals surface area contributed by atoms with Crippen LogP contribution in [0.25, 0.3) is 0 Å². The predicted octanol–water partition coefficient (Wildman–Crippen LogP) is 1.56. The lowest BCUT2D eigenvalue weighted by Gasteiger charge is -2.06. The van der Waals surface area contributed by atoms with Gasteiger partial charge in [-0.05, 0) is 31.2 Å². The average Bonchev–Trinajstić information content (AvgIpc) is 2.30. The summed E-state index contributed by atoms with van der Waals surface area (Å²) in [5.41, 5.74) is 6.33. The van der Waals surface area contributed by atoms with Gasteiger partial charge in [0.1, 0.15) is 0 Å². The van der Waals surface area contributed by atoms with Gasteiger partial charge in [0, 0.05) is 5.69 Å². The number of benzene rings is 1. The van der Waals surface area contributed by atoms with E-state index in [-0.39, 0.29) is 6.61 Å². The zero-order valence-electron chi connectivity index (χ0n) is 9.34. The molecule has 17 heavy (non-hydrogen) atoms. The number of nitrogen functional groups attached to an aromatic ring is 1. The molecule has 6 nitrogen and oxygen atoms in total. The highest BCUT2D eigenvalue weighted by atomic mass is 16.8. The molecule has 6 heteroatoms. The molecule has 0 aliphatic rings. The fraction of sp³-hybridized carbons (Fsp3) is 0.273. The molecule has 0 heterocycles. The second-order valence-electron chi connectivity index (χ2n) is 3.00. The lowest BCUT2D eigenvalue weighted by molar-refractivity contribution is -0.0261. The zero-order valence-corrected chi connectivity index (χ0v) is 9.34. The Morgan fingerprint density at radius 2 is 1.76 bits per heavy atom. The van der Waals surface area contributed by atoms with Crippen LogP contribution in [-0.2, 0) is 14.2 Å². The Morgan fingerprint density at radius 1 is 1.12 bits per heavy atom. The summed E-state index contributed by atoms with van der Waals surface area (Å²) in [5.74, 6) is -0.603. The van der Waals surface area contributed by atoms with Crippen LogP contribution in [0.15, 0.2) is 24.3 Å². The Labute approximate surface area is 98.3 Å². The van der Waals surface area contributed by atoms with Gasteiger partial charge in [0.05, 0.1) is 12.2 Å². The molecular formula is C11H13NO5. The van der Waals surface area contributed by atoms with Crippen molar-refractivity contribution in [1.29, 1.82) is 0 Å². The molecule has 92 valence electrons. The van der Waals surface area contributed by atoms with E-state index < -0.39 is 18.9 Å². The number of hydrogen-bond acceptors (Lipinski definition) is 6. The molecular weight excluding hydrogens is 226 g/mol. The Hall–Kier alpha value is -2.24. The molecule has 0 saturated carbocycles. The summed E-state index contributed by atoms with van der Waals surface area (Å²) < 4.78 is 13.6. The van der Waals surface area contributed by atoms with Crippen molar-refractivity contribution in [1.82, 2.24) is 0 Å². The van der Waals surface area contributed by atoms with E-state index in [0.717, 1.165) is 0 Å². The van der Waals surface area contributed by atoms with Crippen molar-refractivity contribution in [3.63, 3.8) is 0 Å². The molecule has 0 bridgehead atoms. The second kappa shape index (κ2) is 6.37. The lowest BCUT2D eigenvalue weighted by atomic mass is 10.2. The van der Waals surface area contributed by atoms with Gasteiger partial charge in [0.15, 0.2) is 0 Å². The van der Waals surface area contributed by atoms with Crippen molar-refractivity contribution in [2.75, 3.05) is 19.1 Å². The molecule has 1 aromatic rings. The fourth-order valence-corrected chi connectivity index (χ4v) is 0.993. The number of carbonyl (C=O) groups is 2. The molecule has 2 N–H and O–H groups in total. The summed E-state index contributed by atoms with van der Waals surface area (Å²) in [6.45, 7) is 1.36. The molecule has 1 aromatic carbocycles. The van der Waals surface area contributed by atoms with Crippen LogP contribution in [0.4, 0.5) is 10.5 Å². The van der Waals surface area contributed by atoms with E-state index in [1.165, 1.54) is 12.1 Å². The summed E-state index contributed by atoms with van der Waals surface area (Å²) in [6, 6.07) is 6.18. The molecule has 0 unspecified atom stereocenters. The highest BCUT2D eigenvalue weighted by molar-refractivity contribution is 5.89. The van der Waals surface area contributed by atoms with Crippen molar-refractivity contribution in [2.45, 2.75) is 6.92 Å². The molecule has 0 radical (unpaired) electrons. The SMILES string of the molecule is CCOC(=O)OCOC(=O)c1ccc(N)cc1. The van der Waals surface area contributed by atoms with E-state index in [1.807, 2.05) is 0 Å². The van der Waals surface area contributed by atoms with Crippen molar-refractivity contribution in [2.24, 2.45) is 0 Å². The van der Waals surface area contributed by atoms with Gasteiger partial charge in [-0.15, -0.1) is 0 Å². The van der Waals surface area contributed by atoms with E-state index in [9.17, 15) is 9.59 Å². The molecule has 0 fully saturated rings. The van der Waals surface area contributed by atoms with Gasteiger partial charge >= 0.3 is 12.1 Å². The van der Waals surface area contributed by atoms with Crippen molar-refractivity contribution >= 4 is 17.8 Å². The zero-order chi connectivity index (χ0) is 12.7. The van der Waals surface area contributed by atoms with Crippen LogP contribution in [0, 0.1) is 0 Å². The van der Waals surface area contributed by atoms with Crippen molar-refractivity contribution in [3.05, 3.63) is 29.8 Å². The maximum absolute atomic E-state index is 11.4. The normalized spacial score (nSPS) is 9.47. The quantitative estimate of drug-likeness (QED) is 0.487. The minimum absolute atomic E-state index is 0.199. The molecule has 0 spiro atoms. The van der Waals surface area contributed by atoms with Crippen LogP contribution < -0.4 is 5.73 Å². The third kappa shape index (κ3) is 4.42. The summed E-state index contributed by atoms with van der Waals surface area (Å²) in [7, 11) is 0. The third-order valence-corrected chi connectivity index (χ3v) is 1.78. The maximum atomic E-state index is 11.4. The van der Waals surface area contributed by atoms with Gasteiger partial charge in [0.25, 0.3) is 0 Å².